The van der Waals surface area contributed by atoms with E-state index in [1.807, 2.05) is 50.2 Å². The first-order chi connectivity index (χ1) is 18.8. The number of fused-ring (bicyclic) bond motifs is 1. The van der Waals surface area contributed by atoms with Gasteiger partial charge in [0.25, 0.3) is 5.56 Å². The predicted molar refractivity (Wildman–Crippen MR) is 158 cm³/mol. The monoisotopic (exact) mass is 525 g/mol. The number of allylic oxidation sites excluding steroid dienone is 1. The zero-order valence-corrected chi connectivity index (χ0v) is 23.4. The first-order valence-electron chi connectivity index (χ1n) is 13.0. The summed E-state index contributed by atoms with van der Waals surface area (Å²) in [7, 11) is 3.20. The van der Waals surface area contributed by atoms with E-state index in [1.54, 1.807) is 32.6 Å². The van der Waals surface area contributed by atoms with E-state index in [-0.39, 0.29) is 11.5 Å². The van der Waals surface area contributed by atoms with Gasteiger partial charge in [-0.05, 0) is 79.3 Å². The minimum atomic E-state index is -0.252. The molecule has 4 rings (SSSR count). The molecular formula is C32H35N3O4. The predicted octanol–water partition coefficient (Wildman–Crippen LogP) is 6.52. The Morgan fingerprint density at radius 1 is 1.08 bits per heavy atom. The Bertz CT molecular complexity index is 1600. The Morgan fingerprint density at radius 3 is 2.51 bits per heavy atom. The van der Waals surface area contributed by atoms with Gasteiger partial charge in [-0.15, -0.1) is 6.58 Å². The lowest BCUT2D eigenvalue weighted by molar-refractivity contribution is 0.335. The van der Waals surface area contributed by atoms with Crippen LogP contribution in [-0.2, 0) is 6.42 Å². The van der Waals surface area contributed by atoms with E-state index in [9.17, 15) is 4.79 Å². The van der Waals surface area contributed by atoms with Crippen molar-refractivity contribution >= 4 is 17.1 Å². The highest BCUT2D eigenvalue weighted by molar-refractivity contribution is 5.83. The van der Waals surface area contributed by atoms with Crippen molar-refractivity contribution in [3.8, 4) is 28.6 Å². The number of benzene rings is 3. The summed E-state index contributed by atoms with van der Waals surface area (Å²) >= 11 is 0. The van der Waals surface area contributed by atoms with Gasteiger partial charge in [0.05, 0.1) is 37.9 Å². The van der Waals surface area contributed by atoms with E-state index in [1.165, 1.54) is 4.68 Å². The fraction of sp³-hybridized carbons (Fsp3) is 0.281. The van der Waals surface area contributed by atoms with Gasteiger partial charge in [-0.2, -0.15) is 9.78 Å². The maximum Gasteiger partial charge on any atom is 0.282 e. The maximum atomic E-state index is 13.8. The number of methoxy groups -OCH3 is 2. The van der Waals surface area contributed by atoms with Crippen LogP contribution < -0.4 is 19.8 Å². The number of para-hydroxylation sites is 1. The maximum absolute atomic E-state index is 13.8. The quantitative estimate of drug-likeness (QED) is 0.174. The van der Waals surface area contributed by atoms with Gasteiger partial charge < -0.3 is 14.2 Å². The van der Waals surface area contributed by atoms with E-state index in [4.69, 9.17) is 19.2 Å². The Kier molecular flexibility index (Phi) is 8.49. The normalized spacial score (nSPS) is 11.4. The van der Waals surface area contributed by atoms with Crippen LogP contribution >= 0.6 is 0 Å². The summed E-state index contributed by atoms with van der Waals surface area (Å²) < 4.78 is 18.4. The molecule has 0 N–H and O–H groups in total. The molecule has 7 nitrogen and oxygen atoms in total. The first kappa shape index (κ1) is 27.6. The second-order valence-electron chi connectivity index (χ2n) is 9.52. The van der Waals surface area contributed by atoms with E-state index < -0.39 is 0 Å². The van der Waals surface area contributed by atoms with Crippen LogP contribution in [0.2, 0.25) is 0 Å². The molecule has 0 fully saturated rings. The topological polar surface area (TPSA) is 74.9 Å². The molecule has 39 heavy (non-hydrogen) atoms. The highest BCUT2D eigenvalue weighted by Gasteiger charge is 2.19. The van der Waals surface area contributed by atoms with E-state index in [0.29, 0.717) is 41.3 Å². The van der Waals surface area contributed by atoms with Crippen LogP contribution in [0.4, 0.5) is 0 Å². The van der Waals surface area contributed by atoms with Crippen LogP contribution in [0.1, 0.15) is 48.9 Å². The van der Waals surface area contributed by atoms with Gasteiger partial charge in [0.2, 0.25) is 0 Å². The van der Waals surface area contributed by atoms with Crippen molar-refractivity contribution in [1.29, 1.82) is 0 Å². The van der Waals surface area contributed by atoms with Crippen LogP contribution in [0.5, 0.6) is 17.2 Å². The molecule has 0 aliphatic rings. The van der Waals surface area contributed by atoms with Crippen LogP contribution in [0, 0.1) is 6.92 Å². The van der Waals surface area contributed by atoms with Crippen molar-refractivity contribution in [2.75, 3.05) is 20.8 Å². The summed E-state index contributed by atoms with van der Waals surface area (Å²) in [5, 5.41) is 5.16. The molecule has 4 aromatic rings. The molecule has 0 spiro atoms. The van der Waals surface area contributed by atoms with E-state index in [0.717, 1.165) is 33.6 Å². The molecule has 0 bridgehead atoms. The second-order valence-corrected chi connectivity index (χ2v) is 9.52. The van der Waals surface area contributed by atoms with Crippen molar-refractivity contribution in [1.82, 2.24) is 9.66 Å². The summed E-state index contributed by atoms with van der Waals surface area (Å²) in [4.78, 5) is 18.7. The van der Waals surface area contributed by atoms with Crippen LogP contribution in [0.3, 0.4) is 0 Å². The molecule has 0 radical (unpaired) electrons. The minimum Gasteiger partial charge on any atom is -0.494 e. The fourth-order valence-electron chi connectivity index (χ4n) is 4.65. The third-order valence-corrected chi connectivity index (χ3v) is 6.54. The lowest BCUT2D eigenvalue weighted by Crippen LogP contribution is -2.21. The van der Waals surface area contributed by atoms with Crippen molar-refractivity contribution in [3.05, 3.63) is 93.8 Å². The summed E-state index contributed by atoms with van der Waals surface area (Å²) in [6.07, 6.45) is 4.03. The average Bonchev–Trinajstić information content (AvgIpc) is 2.92. The summed E-state index contributed by atoms with van der Waals surface area (Å²) in [6.45, 7) is 12.6. The largest absolute Gasteiger partial charge is 0.494 e. The number of ether oxygens (including phenoxy) is 3. The molecule has 3 aromatic carbocycles. The molecular weight excluding hydrogens is 490 g/mol. The molecule has 0 aliphatic carbocycles. The van der Waals surface area contributed by atoms with E-state index in [2.05, 4.69) is 31.6 Å². The molecule has 1 heterocycles. The highest BCUT2D eigenvalue weighted by Crippen LogP contribution is 2.35. The van der Waals surface area contributed by atoms with Crippen molar-refractivity contribution < 1.29 is 14.2 Å². The highest BCUT2D eigenvalue weighted by atomic mass is 16.5. The number of aryl methyl sites for hydroxylation is 1. The third-order valence-electron chi connectivity index (χ3n) is 6.54. The smallest absolute Gasteiger partial charge is 0.282 e. The number of aromatic nitrogens is 2. The number of hydrogen-bond acceptors (Lipinski definition) is 6. The standard InChI is InChI=1S/C32H35N3O4/c1-8-12-23-16-22(17-29(37-6)30(23)38-7)19-33-35-31(34-27-14-11-10-13-24(27)32(35)36)26-18-25(20(3)4)28(39-9-2)15-21(26)5/h8,10-11,13-20H,1,9,12H2,2-7H3. The van der Waals surface area contributed by atoms with Crippen molar-refractivity contribution in [2.45, 2.75) is 40.0 Å². The number of hydrogen-bond donors (Lipinski definition) is 0. The van der Waals surface area contributed by atoms with Gasteiger partial charge in [-0.1, -0.05) is 32.1 Å². The molecule has 0 atom stereocenters. The lowest BCUT2D eigenvalue weighted by Gasteiger charge is -2.18. The molecule has 1 aromatic heterocycles. The van der Waals surface area contributed by atoms with Crippen LogP contribution in [0.15, 0.2) is 71.1 Å². The van der Waals surface area contributed by atoms with Crippen LogP contribution in [0.25, 0.3) is 22.3 Å². The van der Waals surface area contributed by atoms with Gasteiger partial charge >= 0.3 is 0 Å². The Balaban J connectivity index is 1.96. The minimum absolute atomic E-state index is 0.213. The van der Waals surface area contributed by atoms with Gasteiger partial charge in [0.1, 0.15) is 5.75 Å². The number of rotatable bonds is 10. The molecule has 0 saturated heterocycles. The lowest BCUT2D eigenvalue weighted by atomic mass is 9.96. The molecule has 0 aliphatic heterocycles. The fourth-order valence-corrected chi connectivity index (χ4v) is 4.65. The molecule has 202 valence electrons. The molecule has 7 heteroatoms. The summed E-state index contributed by atoms with van der Waals surface area (Å²) in [5.41, 5.74) is 4.82. The second kappa shape index (κ2) is 12.0. The van der Waals surface area contributed by atoms with Gasteiger partial charge in [-0.3, -0.25) is 4.79 Å². The Hall–Kier alpha value is -4.39. The SMILES string of the molecule is C=CCc1cc(C=Nn2c(-c3cc(C(C)C)c(OCC)cc3C)nc3ccccc3c2=O)cc(OC)c1OC. The zero-order chi connectivity index (χ0) is 28.1. The zero-order valence-electron chi connectivity index (χ0n) is 23.4. The average molecular weight is 526 g/mol. The molecule has 0 amide bonds. The Labute approximate surface area is 229 Å². The van der Waals surface area contributed by atoms with Gasteiger partial charge in [0, 0.05) is 11.1 Å². The van der Waals surface area contributed by atoms with Crippen molar-refractivity contribution in [2.24, 2.45) is 5.10 Å². The summed E-state index contributed by atoms with van der Waals surface area (Å²) in [6, 6.07) is 15.2. The number of nitrogens with zero attached hydrogens (tertiary/aromatic N) is 3. The van der Waals surface area contributed by atoms with Gasteiger partial charge in [0.15, 0.2) is 17.3 Å². The van der Waals surface area contributed by atoms with Crippen LogP contribution in [-0.4, -0.2) is 36.7 Å². The molecule has 0 saturated carbocycles. The Morgan fingerprint density at radius 2 is 1.85 bits per heavy atom. The van der Waals surface area contributed by atoms with E-state index >= 15 is 0 Å². The molecule has 0 unspecified atom stereocenters. The first-order valence-corrected chi connectivity index (χ1v) is 13.0. The third kappa shape index (κ3) is 5.58. The van der Waals surface area contributed by atoms with Gasteiger partial charge in [-0.25, -0.2) is 4.98 Å². The van der Waals surface area contributed by atoms with Crippen molar-refractivity contribution in [3.63, 3.8) is 0 Å². The summed E-state index contributed by atoms with van der Waals surface area (Å²) in [5.74, 6) is 2.73.